The molecule has 1 aromatic carbocycles. The highest BCUT2D eigenvalue weighted by atomic mass is 19.1. The van der Waals surface area contributed by atoms with E-state index in [0.29, 0.717) is 19.5 Å². The van der Waals surface area contributed by atoms with Gasteiger partial charge < -0.3 is 10.0 Å². The average molecular weight is 279 g/mol. The van der Waals surface area contributed by atoms with Crippen LogP contribution in [0.25, 0.3) is 0 Å². The van der Waals surface area contributed by atoms with Gasteiger partial charge in [-0.3, -0.25) is 4.79 Å². The SMILES string of the molecule is C[C@@H]1CN(C(=O)CCCc2ccc(F)cc2)C[C@]1(C)O. The van der Waals surface area contributed by atoms with E-state index in [-0.39, 0.29) is 17.6 Å². The molecule has 0 aromatic heterocycles. The first-order valence-corrected chi connectivity index (χ1v) is 7.13. The number of carbonyl (C=O) groups is 1. The molecule has 4 heteroatoms. The number of β-amino-alcohol motifs (C(OH)–C–C–N with tert-alkyl or cyclic N) is 1. The maximum absolute atomic E-state index is 12.8. The second-order valence-corrected chi connectivity index (χ2v) is 6.01. The number of hydrogen-bond donors (Lipinski definition) is 1. The van der Waals surface area contributed by atoms with Crippen molar-refractivity contribution in [2.24, 2.45) is 5.92 Å². The van der Waals surface area contributed by atoms with Crippen LogP contribution in [-0.4, -0.2) is 34.6 Å². The average Bonchev–Trinajstić information content (AvgIpc) is 2.66. The number of nitrogens with zero attached hydrogens (tertiary/aromatic N) is 1. The molecule has 0 unspecified atom stereocenters. The molecular formula is C16H22FNO2. The van der Waals surface area contributed by atoms with Crippen LogP contribution in [0.5, 0.6) is 0 Å². The van der Waals surface area contributed by atoms with E-state index in [1.165, 1.54) is 12.1 Å². The molecule has 1 fully saturated rings. The Balaban J connectivity index is 1.77. The largest absolute Gasteiger partial charge is 0.388 e. The minimum absolute atomic E-state index is 0.0942. The highest BCUT2D eigenvalue weighted by Gasteiger charge is 2.40. The Bertz CT molecular complexity index is 470. The Hall–Kier alpha value is -1.42. The minimum atomic E-state index is -0.771. The molecule has 1 heterocycles. The molecule has 1 amide bonds. The quantitative estimate of drug-likeness (QED) is 0.919. The number of likely N-dealkylation sites (tertiary alicyclic amines) is 1. The van der Waals surface area contributed by atoms with Crippen LogP contribution in [0.2, 0.25) is 0 Å². The van der Waals surface area contributed by atoms with Crippen molar-refractivity contribution in [2.75, 3.05) is 13.1 Å². The van der Waals surface area contributed by atoms with E-state index in [2.05, 4.69) is 0 Å². The van der Waals surface area contributed by atoms with Crippen molar-refractivity contribution in [1.29, 1.82) is 0 Å². The number of aliphatic hydroxyl groups is 1. The fraction of sp³-hybridized carbons (Fsp3) is 0.562. The zero-order valence-corrected chi connectivity index (χ0v) is 12.1. The summed E-state index contributed by atoms with van der Waals surface area (Å²) in [5, 5.41) is 10.1. The van der Waals surface area contributed by atoms with E-state index in [1.54, 1.807) is 24.0 Å². The van der Waals surface area contributed by atoms with Gasteiger partial charge >= 0.3 is 0 Å². The summed E-state index contributed by atoms with van der Waals surface area (Å²) in [7, 11) is 0. The van der Waals surface area contributed by atoms with Crippen LogP contribution in [0.3, 0.4) is 0 Å². The number of rotatable bonds is 4. The third-order valence-corrected chi connectivity index (χ3v) is 4.19. The third kappa shape index (κ3) is 3.57. The normalized spacial score (nSPS) is 26.0. The Labute approximate surface area is 119 Å². The summed E-state index contributed by atoms with van der Waals surface area (Å²) in [5.74, 6) is -0.0293. The van der Waals surface area contributed by atoms with Crippen molar-refractivity contribution < 1.29 is 14.3 Å². The predicted octanol–water partition coefficient (Wildman–Crippen LogP) is 2.38. The van der Waals surface area contributed by atoms with Crippen molar-refractivity contribution in [2.45, 2.75) is 38.7 Å². The van der Waals surface area contributed by atoms with Crippen molar-refractivity contribution >= 4 is 5.91 Å². The Morgan fingerprint density at radius 1 is 1.45 bits per heavy atom. The molecule has 110 valence electrons. The van der Waals surface area contributed by atoms with Crippen molar-refractivity contribution in [3.05, 3.63) is 35.6 Å². The molecule has 3 nitrogen and oxygen atoms in total. The summed E-state index contributed by atoms with van der Waals surface area (Å²) in [6, 6.07) is 6.39. The molecule has 0 aliphatic carbocycles. The molecule has 1 N–H and O–H groups in total. The summed E-state index contributed by atoms with van der Waals surface area (Å²) in [6.07, 6.45) is 1.99. The summed E-state index contributed by atoms with van der Waals surface area (Å²) >= 11 is 0. The number of aryl methyl sites for hydroxylation is 1. The van der Waals surface area contributed by atoms with Crippen LogP contribution < -0.4 is 0 Å². The van der Waals surface area contributed by atoms with E-state index in [1.807, 2.05) is 6.92 Å². The molecule has 20 heavy (non-hydrogen) atoms. The van der Waals surface area contributed by atoms with E-state index in [0.717, 1.165) is 18.4 Å². The van der Waals surface area contributed by atoms with Gasteiger partial charge in [-0.25, -0.2) is 4.39 Å². The van der Waals surface area contributed by atoms with E-state index in [4.69, 9.17) is 0 Å². The van der Waals surface area contributed by atoms with Gasteiger partial charge in [-0.05, 0) is 37.5 Å². The Kier molecular flexibility index (Phi) is 4.43. The maximum atomic E-state index is 12.8. The van der Waals surface area contributed by atoms with Gasteiger partial charge in [0.25, 0.3) is 0 Å². The molecule has 1 aliphatic rings. The number of benzene rings is 1. The lowest BCUT2D eigenvalue weighted by molar-refractivity contribution is -0.131. The van der Waals surface area contributed by atoms with E-state index < -0.39 is 5.60 Å². The minimum Gasteiger partial charge on any atom is -0.388 e. The molecule has 0 bridgehead atoms. The van der Waals surface area contributed by atoms with Crippen LogP contribution in [0.1, 0.15) is 32.3 Å². The van der Waals surface area contributed by atoms with Gasteiger partial charge in [0, 0.05) is 25.4 Å². The maximum Gasteiger partial charge on any atom is 0.222 e. The standard InChI is InChI=1S/C16H22FNO2/c1-12-10-18(11-16(12,2)20)15(19)5-3-4-13-6-8-14(17)9-7-13/h6-9,12,20H,3-5,10-11H2,1-2H3/t12-,16+/m1/s1. The first-order chi connectivity index (χ1) is 9.38. The fourth-order valence-electron chi connectivity index (χ4n) is 2.58. The van der Waals surface area contributed by atoms with E-state index >= 15 is 0 Å². The molecule has 1 saturated heterocycles. The zero-order chi connectivity index (χ0) is 14.8. The van der Waals surface area contributed by atoms with Crippen LogP contribution >= 0.6 is 0 Å². The number of amides is 1. The van der Waals surface area contributed by atoms with Crippen molar-refractivity contribution in [3.63, 3.8) is 0 Å². The Morgan fingerprint density at radius 3 is 2.65 bits per heavy atom. The number of halogens is 1. The van der Waals surface area contributed by atoms with Crippen LogP contribution in [0, 0.1) is 11.7 Å². The highest BCUT2D eigenvalue weighted by Crippen LogP contribution is 2.27. The molecule has 0 spiro atoms. The predicted molar refractivity (Wildman–Crippen MR) is 75.7 cm³/mol. The smallest absolute Gasteiger partial charge is 0.222 e. The molecule has 0 saturated carbocycles. The van der Waals surface area contributed by atoms with Gasteiger partial charge in [0.1, 0.15) is 5.82 Å². The fourth-order valence-corrected chi connectivity index (χ4v) is 2.58. The van der Waals surface area contributed by atoms with Gasteiger partial charge in [0.05, 0.1) is 5.60 Å². The second-order valence-electron chi connectivity index (χ2n) is 6.01. The monoisotopic (exact) mass is 279 g/mol. The van der Waals surface area contributed by atoms with E-state index in [9.17, 15) is 14.3 Å². The second kappa shape index (κ2) is 5.92. The van der Waals surface area contributed by atoms with Crippen LogP contribution in [0.15, 0.2) is 24.3 Å². The van der Waals surface area contributed by atoms with Gasteiger partial charge in [0.2, 0.25) is 5.91 Å². The topological polar surface area (TPSA) is 40.5 Å². The molecule has 1 aromatic rings. The summed E-state index contributed by atoms with van der Waals surface area (Å²) in [6.45, 7) is 4.79. The summed E-state index contributed by atoms with van der Waals surface area (Å²) < 4.78 is 12.8. The molecule has 2 rings (SSSR count). The first-order valence-electron chi connectivity index (χ1n) is 7.13. The lowest BCUT2D eigenvalue weighted by Crippen LogP contribution is -2.35. The number of hydrogen-bond acceptors (Lipinski definition) is 2. The van der Waals surface area contributed by atoms with Crippen LogP contribution in [0.4, 0.5) is 4.39 Å². The lowest BCUT2D eigenvalue weighted by Gasteiger charge is -2.20. The third-order valence-electron chi connectivity index (χ3n) is 4.19. The van der Waals surface area contributed by atoms with Crippen molar-refractivity contribution in [1.82, 2.24) is 4.90 Å². The van der Waals surface area contributed by atoms with Gasteiger partial charge in [0.15, 0.2) is 0 Å². The summed E-state index contributed by atoms with van der Waals surface area (Å²) in [5.41, 5.74) is 0.271. The Morgan fingerprint density at radius 2 is 2.10 bits per heavy atom. The van der Waals surface area contributed by atoms with Gasteiger partial charge in [-0.2, -0.15) is 0 Å². The van der Waals surface area contributed by atoms with Gasteiger partial charge in [-0.15, -0.1) is 0 Å². The van der Waals surface area contributed by atoms with Crippen LogP contribution in [-0.2, 0) is 11.2 Å². The lowest BCUT2D eigenvalue weighted by atomic mass is 9.95. The zero-order valence-electron chi connectivity index (χ0n) is 12.1. The van der Waals surface area contributed by atoms with Crippen molar-refractivity contribution in [3.8, 4) is 0 Å². The molecule has 1 aliphatic heterocycles. The highest BCUT2D eigenvalue weighted by molar-refractivity contribution is 5.76. The van der Waals surface area contributed by atoms with Gasteiger partial charge in [-0.1, -0.05) is 19.1 Å². The molecular weight excluding hydrogens is 257 g/mol. The number of carbonyl (C=O) groups excluding carboxylic acids is 1. The first kappa shape index (κ1) is 15.0. The summed E-state index contributed by atoms with van der Waals surface area (Å²) in [4.78, 5) is 13.8. The molecule has 2 atom stereocenters. The molecule has 0 radical (unpaired) electrons.